The highest BCUT2D eigenvalue weighted by Crippen LogP contribution is 2.22. The summed E-state index contributed by atoms with van der Waals surface area (Å²) < 4.78 is 26.7. The monoisotopic (exact) mass is 347 g/mol. The molecule has 132 valence electrons. The van der Waals surface area contributed by atoms with Crippen molar-refractivity contribution in [2.75, 3.05) is 6.54 Å². The van der Waals surface area contributed by atoms with Gasteiger partial charge in [-0.2, -0.15) is 0 Å². The lowest BCUT2D eigenvalue weighted by molar-refractivity contribution is -0.138. The lowest BCUT2D eigenvalue weighted by atomic mass is 9.96. The lowest BCUT2D eigenvalue weighted by Gasteiger charge is -2.16. The zero-order valence-electron chi connectivity index (χ0n) is 13.7. The first-order valence-corrected chi connectivity index (χ1v) is 7.88. The molecule has 0 aliphatic carbocycles. The molecule has 0 aliphatic heterocycles. The van der Waals surface area contributed by atoms with Gasteiger partial charge in [-0.15, -0.1) is 0 Å². The van der Waals surface area contributed by atoms with Gasteiger partial charge in [0.25, 0.3) is 0 Å². The third kappa shape index (κ3) is 5.11. The van der Waals surface area contributed by atoms with Crippen LogP contribution < -0.4 is 5.32 Å². The second-order valence-electron chi connectivity index (χ2n) is 5.87. The first-order valence-electron chi connectivity index (χ1n) is 7.88. The van der Waals surface area contributed by atoms with Crippen LogP contribution in [0.3, 0.4) is 0 Å². The molecule has 2 unspecified atom stereocenters. The molecule has 2 aromatic carbocycles. The Morgan fingerprint density at radius 2 is 1.72 bits per heavy atom. The molecule has 2 aromatic rings. The average Bonchev–Trinajstić information content (AvgIpc) is 2.56. The van der Waals surface area contributed by atoms with Gasteiger partial charge in [0.05, 0.1) is 5.92 Å². The molecule has 6 heteroatoms. The van der Waals surface area contributed by atoms with E-state index in [0.29, 0.717) is 11.1 Å². The number of carbonyl (C=O) groups is 2. The Hall–Kier alpha value is -2.76. The molecule has 1 amide bonds. The van der Waals surface area contributed by atoms with Gasteiger partial charge in [0.15, 0.2) is 0 Å². The van der Waals surface area contributed by atoms with E-state index in [1.54, 1.807) is 25.1 Å². The van der Waals surface area contributed by atoms with Crippen LogP contribution in [-0.2, 0) is 9.59 Å². The molecule has 0 saturated heterocycles. The molecule has 25 heavy (non-hydrogen) atoms. The number of amides is 1. The molecule has 2 rings (SSSR count). The number of hydrogen-bond donors (Lipinski definition) is 2. The van der Waals surface area contributed by atoms with Gasteiger partial charge in [-0.3, -0.25) is 9.59 Å². The average molecular weight is 347 g/mol. The zero-order valence-corrected chi connectivity index (χ0v) is 13.7. The summed E-state index contributed by atoms with van der Waals surface area (Å²) >= 11 is 0. The van der Waals surface area contributed by atoms with Gasteiger partial charge in [0.1, 0.15) is 11.6 Å². The molecule has 0 fully saturated rings. The summed E-state index contributed by atoms with van der Waals surface area (Å²) in [5, 5.41) is 11.9. The van der Waals surface area contributed by atoms with E-state index in [2.05, 4.69) is 5.32 Å². The number of carboxylic acids is 1. The first-order chi connectivity index (χ1) is 11.9. The second-order valence-corrected chi connectivity index (χ2v) is 5.87. The standard InChI is InChI=1S/C19H19F2NO3/c1-12(15-4-2-3-5-17(15)21)10-18(23)22-11-16(19(24)25)13-6-8-14(20)9-7-13/h2-9,12,16H,10-11H2,1H3,(H,22,23)(H,24,25). The van der Waals surface area contributed by atoms with Crippen molar-refractivity contribution in [3.63, 3.8) is 0 Å². The number of rotatable bonds is 7. The van der Waals surface area contributed by atoms with Gasteiger partial charge in [0, 0.05) is 13.0 Å². The highest BCUT2D eigenvalue weighted by atomic mass is 19.1. The lowest BCUT2D eigenvalue weighted by Crippen LogP contribution is -2.32. The maximum absolute atomic E-state index is 13.7. The van der Waals surface area contributed by atoms with Crippen LogP contribution in [0.2, 0.25) is 0 Å². The van der Waals surface area contributed by atoms with Crippen molar-refractivity contribution in [3.05, 3.63) is 71.3 Å². The van der Waals surface area contributed by atoms with Crippen molar-refractivity contribution in [1.82, 2.24) is 5.32 Å². The predicted octanol–water partition coefficient (Wildman–Crippen LogP) is 3.44. The molecule has 0 heterocycles. The van der Waals surface area contributed by atoms with Crippen molar-refractivity contribution in [2.45, 2.75) is 25.2 Å². The van der Waals surface area contributed by atoms with Crippen LogP contribution in [0.15, 0.2) is 48.5 Å². The molecular formula is C19H19F2NO3. The molecule has 0 spiro atoms. The summed E-state index contributed by atoms with van der Waals surface area (Å²) in [5.74, 6) is -3.64. The van der Waals surface area contributed by atoms with Crippen molar-refractivity contribution >= 4 is 11.9 Å². The summed E-state index contributed by atoms with van der Waals surface area (Å²) in [6.07, 6.45) is 0.0384. The smallest absolute Gasteiger partial charge is 0.312 e. The van der Waals surface area contributed by atoms with Crippen LogP contribution >= 0.6 is 0 Å². The minimum Gasteiger partial charge on any atom is -0.481 e. The Kier molecular flexibility index (Phi) is 6.22. The van der Waals surface area contributed by atoms with Gasteiger partial charge in [0.2, 0.25) is 5.91 Å². The predicted molar refractivity (Wildman–Crippen MR) is 89.2 cm³/mol. The van der Waals surface area contributed by atoms with Crippen molar-refractivity contribution in [1.29, 1.82) is 0 Å². The summed E-state index contributed by atoms with van der Waals surface area (Å²) in [6.45, 7) is 1.61. The fourth-order valence-corrected chi connectivity index (χ4v) is 2.59. The van der Waals surface area contributed by atoms with Crippen LogP contribution in [0, 0.1) is 11.6 Å². The fraction of sp³-hybridized carbons (Fsp3) is 0.263. The van der Waals surface area contributed by atoms with Gasteiger partial charge < -0.3 is 10.4 Å². The number of benzene rings is 2. The maximum Gasteiger partial charge on any atom is 0.312 e. The molecule has 0 radical (unpaired) electrons. The quantitative estimate of drug-likeness (QED) is 0.806. The second kappa shape index (κ2) is 8.37. The van der Waals surface area contributed by atoms with E-state index in [4.69, 9.17) is 0 Å². The van der Waals surface area contributed by atoms with E-state index in [1.807, 2.05) is 0 Å². The van der Waals surface area contributed by atoms with E-state index in [1.165, 1.54) is 30.3 Å². The third-order valence-corrected chi connectivity index (χ3v) is 4.00. The van der Waals surface area contributed by atoms with E-state index in [9.17, 15) is 23.5 Å². The Labute approximate surface area is 144 Å². The Morgan fingerprint density at radius 1 is 1.08 bits per heavy atom. The first kappa shape index (κ1) is 18.6. The van der Waals surface area contributed by atoms with E-state index >= 15 is 0 Å². The summed E-state index contributed by atoms with van der Waals surface area (Å²) in [5.41, 5.74) is 0.835. The van der Waals surface area contributed by atoms with Crippen LogP contribution in [0.5, 0.6) is 0 Å². The molecule has 2 N–H and O–H groups in total. The fourth-order valence-electron chi connectivity index (χ4n) is 2.59. The van der Waals surface area contributed by atoms with Crippen molar-refractivity contribution in [3.8, 4) is 0 Å². The molecule has 4 nitrogen and oxygen atoms in total. The zero-order chi connectivity index (χ0) is 18.4. The maximum atomic E-state index is 13.7. The van der Waals surface area contributed by atoms with Crippen molar-refractivity contribution < 1.29 is 23.5 Å². The van der Waals surface area contributed by atoms with Crippen LogP contribution in [0.4, 0.5) is 8.78 Å². The largest absolute Gasteiger partial charge is 0.481 e. The number of hydrogen-bond acceptors (Lipinski definition) is 2. The van der Waals surface area contributed by atoms with Gasteiger partial charge >= 0.3 is 5.97 Å². The number of nitrogens with one attached hydrogen (secondary N) is 1. The SMILES string of the molecule is CC(CC(=O)NCC(C(=O)O)c1ccc(F)cc1)c1ccccc1F. The summed E-state index contributed by atoms with van der Waals surface area (Å²) in [7, 11) is 0. The van der Waals surface area contributed by atoms with E-state index in [-0.39, 0.29) is 30.6 Å². The van der Waals surface area contributed by atoms with Crippen LogP contribution in [0.1, 0.15) is 36.3 Å². The number of aliphatic carboxylic acids is 1. The normalized spacial score (nSPS) is 13.1. The number of halogens is 2. The molecule has 2 atom stereocenters. The van der Waals surface area contributed by atoms with Crippen LogP contribution in [0.25, 0.3) is 0 Å². The molecule has 0 aliphatic rings. The topological polar surface area (TPSA) is 66.4 Å². The van der Waals surface area contributed by atoms with Gasteiger partial charge in [-0.05, 0) is 35.2 Å². The minimum atomic E-state index is -1.12. The number of carbonyl (C=O) groups excluding carboxylic acids is 1. The summed E-state index contributed by atoms with van der Waals surface area (Å²) in [4.78, 5) is 23.5. The molecule has 0 aromatic heterocycles. The molecular weight excluding hydrogens is 328 g/mol. The van der Waals surface area contributed by atoms with Crippen molar-refractivity contribution in [2.24, 2.45) is 0 Å². The Balaban J connectivity index is 1.96. The van der Waals surface area contributed by atoms with Gasteiger partial charge in [-0.25, -0.2) is 8.78 Å². The molecule has 0 bridgehead atoms. The number of carboxylic acid groups (broad SMARTS) is 1. The van der Waals surface area contributed by atoms with E-state index < -0.39 is 17.7 Å². The third-order valence-electron chi connectivity index (χ3n) is 4.00. The summed E-state index contributed by atoms with van der Waals surface area (Å²) in [6, 6.07) is 11.3. The molecule has 0 saturated carbocycles. The van der Waals surface area contributed by atoms with Gasteiger partial charge in [-0.1, -0.05) is 37.3 Å². The Bertz CT molecular complexity index is 747. The van der Waals surface area contributed by atoms with E-state index in [0.717, 1.165) is 0 Å². The highest BCUT2D eigenvalue weighted by Gasteiger charge is 2.21. The highest BCUT2D eigenvalue weighted by molar-refractivity contribution is 5.80. The Morgan fingerprint density at radius 3 is 2.32 bits per heavy atom. The van der Waals surface area contributed by atoms with Crippen LogP contribution in [-0.4, -0.2) is 23.5 Å². The minimum absolute atomic E-state index is 0.0384.